The molecule has 0 spiro atoms. The van der Waals surface area contributed by atoms with Gasteiger partial charge in [-0.1, -0.05) is 60.7 Å². The minimum Gasteiger partial charge on any atom is -0.383 e. The van der Waals surface area contributed by atoms with E-state index in [-0.39, 0.29) is 18.4 Å². The summed E-state index contributed by atoms with van der Waals surface area (Å²) in [7, 11) is 1.64. The summed E-state index contributed by atoms with van der Waals surface area (Å²) in [4.78, 5) is 41.3. The molecule has 1 saturated heterocycles. The quantitative estimate of drug-likeness (QED) is 0.408. The summed E-state index contributed by atoms with van der Waals surface area (Å²) in [6, 6.07) is 19.5. The van der Waals surface area contributed by atoms with E-state index in [1.165, 1.54) is 0 Å². The van der Waals surface area contributed by atoms with Crippen LogP contribution in [0.2, 0.25) is 0 Å². The third kappa shape index (κ3) is 3.82. The van der Waals surface area contributed by atoms with Crippen molar-refractivity contribution in [1.82, 2.24) is 14.8 Å². The molecule has 1 fully saturated rings. The fourth-order valence-electron chi connectivity index (χ4n) is 4.94. The van der Waals surface area contributed by atoms with E-state index in [1.807, 2.05) is 67.8 Å². The number of amides is 3. The van der Waals surface area contributed by atoms with E-state index in [0.29, 0.717) is 23.3 Å². The monoisotopic (exact) mass is 459 g/mol. The molecule has 1 atom stereocenters. The van der Waals surface area contributed by atoms with Crippen molar-refractivity contribution in [2.24, 2.45) is 0 Å². The zero-order chi connectivity index (χ0) is 24.5. The molecule has 3 amide bonds. The van der Waals surface area contributed by atoms with Crippen LogP contribution in [-0.4, -0.2) is 47.4 Å². The molecule has 2 heterocycles. The average Bonchev–Trinajstić information content (AvgIpc) is 3.28. The number of ketones is 1. The molecule has 3 aromatic rings. The Hall–Kier alpha value is -3.71. The smallest absolute Gasteiger partial charge is 0.325 e. The number of hydrogen-bond donors (Lipinski definition) is 1. The fourth-order valence-corrected chi connectivity index (χ4v) is 4.94. The first-order valence-corrected chi connectivity index (χ1v) is 11.3. The summed E-state index contributed by atoms with van der Waals surface area (Å²) >= 11 is 0. The van der Waals surface area contributed by atoms with Gasteiger partial charge in [-0.05, 0) is 38.0 Å². The average molecular weight is 460 g/mol. The first kappa shape index (κ1) is 23.4. The predicted molar refractivity (Wildman–Crippen MR) is 129 cm³/mol. The lowest BCUT2D eigenvalue weighted by atomic mass is 9.82. The Morgan fingerprint density at radius 3 is 2.09 bits per heavy atom. The van der Waals surface area contributed by atoms with Gasteiger partial charge >= 0.3 is 6.03 Å². The van der Waals surface area contributed by atoms with Crippen molar-refractivity contribution in [3.05, 3.63) is 94.8 Å². The molecular weight excluding hydrogens is 430 g/mol. The van der Waals surface area contributed by atoms with Crippen LogP contribution in [0.15, 0.2) is 66.7 Å². The third-order valence-electron chi connectivity index (χ3n) is 6.45. The number of carbonyl (C=O) groups is 3. The number of Topliss-reactive ketones (excluding diaryl/α,β-unsaturated/α-hetero) is 1. The minimum atomic E-state index is -1.39. The number of nitrogens with zero attached hydrogens (tertiary/aromatic N) is 2. The second-order valence-corrected chi connectivity index (χ2v) is 8.69. The van der Waals surface area contributed by atoms with Crippen molar-refractivity contribution in [1.29, 1.82) is 0 Å². The topological polar surface area (TPSA) is 80.6 Å². The highest BCUT2D eigenvalue weighted by molar-refractivity contribution is 6.13. The zero-order valence-electron chi connectivity index (χ0n) is 19.9. The van der Waals surface area contributed by atoms with Gasteiger partial charge in [-0.2, -0.15) is 0 Å². The predicted octanol–water partition coefficient (Wildman–Crippen LogP) is 3.99. The number of hydrogen-bond acceptors (Lipinski definition) is 4. The largest absolute Gasteiger partial charge is 0.383 e. The Balaban J connectivity index is 1.68. The molecule has 1 aromatic heterocycles. The van der Waals surface area contributed by atoms with Gasteiger partial charge in [-0.25, -0.2) is 4.79 Å². The van der Waals surface area contributed by atoms with Crippen LogP contribution < -0.4 is 5.32 Å². The molecule has 4 rings (SSSR count). The van der Waals surface area contributed by atoms with Gasteiger partial charge in [0.1, 0.15) is 0 Å². The lowest BCUT2D eigenvalue weighted by molar-refractivity contribution is -0.129. The minimum absolute atomic E-state index is 0.0482. The van der Waals surface area contributed by atoms with Crippen LogP contribution in [0.25, 0.3) is 0 Å². The number of carbonyl (C=O) groups excluding carboxylic acids is 3. The summed E-state index contributed by atoms with van der Waals surface area (Å²) in [6.07, 6.45) is 0. The van der Waals surface area contributed by atoms with E-state index >= 15 is 0 Å². The third-order valence-corrected chi connectivity index (χ3v) is 6.45. The van der Waals surface area contributed by atoms with Gasteiger partial charge in [0.25, 0.3) is 5.91 Å². The SMILES string of the molecule is COCC(C)n1c(C)cc(C(=O)CN2C(=O)NC(c3ccccc3)(c3ccccc3)C2=O)c1C. The number of aromatic nitrogens is 1. The molecule has 0 radical (unpaired) electrons. The van der Waals surface area contributed by atoms with E-state index in [9.17, 15) is 14.4 Å². The summed E-state index contributed by atoms with van der Waals surface area (Å²) in [5.41, 5.74) is 2.10. The number of urea groups is 1. The number of aryl methyl sites for hydroxylation is 1. The number of imide groups is 1. The first-order valence-electron chi connectivity index (χ1n) is 11.3. The van der Waals surface area contributed by atoms with Crippen molar-refractivity contribution < 1.29 is 19.1 Å². The van der Waals surface area contributed by atoms with Gasteiger partial charge in [0, 0.05) is 24.1 Å². The molecule has 0 aliphatic carbocycles. The maximum Gasteiger partial charge on any atom is 0.325 e. The van der Waals surface area contributed by atoms with Gasteiger partial charge < -0.3 is 14.6 Å². The van der Waals surface area contributed by atoms with Gasteiger partial charge in [0.15, 0.2) is 11.3 Å². The molecule has 1 aliphatic heterocycles. The molecule has 34 heavy (non-hydrogen) atoms. The van der Waals surface area contributed by atoms with Crippen LogP contribution in [0.4, 0.5) is 4.79 Å². The van der Waals surface area contributed by atoms with Crippen LogP contribution in [0, 0.1) is 13.8 Å². The number of nitrogens with one attached hydrogen (secondary N) is 1. The lowest BCUT2D eigenvalue weighted by Crippen LogP contribution is -2.45. The lowest BCUT2D eigenvalue weighted by Gasteiger charge is -2.28. The van der Waals surface area contributed by atoms with Crippen LogP contribution in [0.5, 0.6) is 0 Å². The highest BCUT2D eigenvalue weighted by Gasteiger charge is 2.54. The number of ether oxygens (including phenoxy) is 1. The molecule has 0 bridgehead atoms. The standard InChI is InChI=1S/C27H29N3O4/c1-18-15-23(20(3)30(18)19(2)17-34-4)24(31)16-29-25(32)27(28-26(29)33,21-11-7-5-8-12-21)22-13-9-6-10-14-22/h5-15,19H,16-17H2,1-4H3,(H,28,33). The van der Waals surface area contributed by atoms with Crippen molar-refractivity contribution >= 4 is 17.7 Å². The highest BCUT2D eigenvalue weighted by Crippen LogP contribution is 2.36. The zero-order valence-corrected chi connectivity index (χ0v) is 19.9. The Kier molecular flexibility index (Phi) is 6.39. The van der Waals surface area contributed by atoms with Crippen LogP contribution in [0.1, 0.15) is 45.8 Å². The van der Waals surface area contributed by atoms with Crippen LogP contribution in [0.3, 0.4) is 0 Å². The number of benzene rings is 2. The van der Waals surface area contributed by atoms with Gasteiger partial charge in [0.05, 0.1) is 19.2 Å². The maximum absolute atomic E-state index is 13.8. The van der Waals surface area contributed by atoms with Gasteiger partial charge in [0.2, 0.25) is 0 Å². The summed E-state index contributed by atoms with van der Waals surface area (Å²) in [5, 5.41) is 2.89. The van der Waals surface area contributed by atoms with Crippen LogP contribution >= 0.6 is 0 Å². The summed E-state index contributed by atoms with van der Waals surface area (Å²) in [5.74, 6) is -0.755. The van der Waals surface area contributed by atoms with Crippen molar-refractivity contribution in [2.75, 3.05) is 20.3 Å². The Morgan fingerprint density at radius 2 is 1.56 bits per heavy atom. The molecule has 2 aromatic carbocycles. The van der Waals surface area contributed by atoms with E-state index < -0.39 is 17.5 Å². The molecular formula is C27H29N3O4. The van der Waals surface area contributed by atoms with E-state index in [0.717, 1.165) is 16.3 Å². The van der Waals surface area contributed by atoms with E-state index in [2.05, 4.69) is 5.32 Å². The molecule has 0 saturated carbocycles. The van der Waals surface area contributed by atoms with Gasteiger partial charge in [-0.15, -0.1) is 0 Å². The molecule has 7 nitrogen and oxygen atoms in total. The number of rotatable bonds is 8. The van der Waals surface area contributed by atoms with Crippen molar-refractivity contribution in [2.45, 2.75) is 32.4 Å². The van der Waals surface area contributed by atoms with E-state index in [1.54, 1.807) is 31.4 Å². The van der Waals surface area contributed by atoms with Crippen molar-refractivity contribution in [3.8, 4) is 0 Å². The molecule has 1 aliphatic rings. The van der Waals surface area contributed by atoms with Crippen molar-refractivity contribution in [3.63, 3.8) is 0 Å². The highest BCUT2D eigenvalue weighted by atomic mass is 16.5. The molecule has 7 heteroatoms. The normalized spacial score (nSPS) is 15.9. The Labute approximate surface area is 199 Å². The van der Waals surface area contributed by atoms with Crippen LogP contribution in [-0.2, 0) is 15.1 Å². The molecule has 1 N–H and O–H groups in total. The van der Waals surface area contributed by atoms with E-state index in [4.69, 9.17) is 4.74 Å². The fraction of sp³-hybridized carbons (Fsp3) is 0.296. The molecule has 176 valence electrons. The second-order valence-electron chi connectivity index (χ2n) is 8.69. The number of methoxy groups -OCH3 is 1. The Bertz CT molecular complexity index is 1180. The Morgan fingerprint density at radius 1 is 1.00 bits per heavy atom. The summed E-state index contributed by atoms with van der Waals surface area (Å²) < 4.78 is 7.31. The van der Waals surface area contributed by atoms with Gasteiger partial charge in [-0.3, -0.25) is 14.5 Å². The molecule has 1 unspecified atom stereocenters. The summed E-state index contributed by atoms with van der Waals surface area (Å²) in [6.45, 7) is 5.99. The maximum atomic E-state index is 13.8. The second kappa shape index (κ2) is 9.27. The first-order chi connectivity index (χ1) is 16.3.